The topological polar surface area (TPSA) is 290 Å². The van der Waals surface area contributed by atoms with E-state index in [1.54, 1.807) is 84.6 Å². The number of anilines is 1. The minimum absolute atomic E-state index is 0.00808. The lowest BCUT2D eigenvalue weighted by Crippen LogP contribution is -2.58. The molecular formula is C62H100N10O13. The number of alkyl carbamates (subject to hydrolysis) is 1. The van der Waals surface area contributed by atoms with Crippen molar-refractivity contribution >= 4 is 59.2 Å². The van der Waals surface area contributed by atoms with Gasteiger partial charge in [-0.2, -0.15) is 0 Å². The SMILES string of the molecule is CC[C@H](C)[C@@H]([C@@H](CC(=O)N1CCC[C@H]1[C@H](OC)[C@@H](C)C(=O)N[C@@H](Cc1ccccc1)C(=O)OC)OC)N(C)C(=O)[C@@H](NC(=O)CN(C)CCc1ccc(N(C)C(=O)[C@H](CCCNC(N)=O)NC(=O)[C@@H](NC(=O)OC(C)(C)C)C(C)C)cc1)C(C)C. The second-order valence-corrected chi connectivity index (χ2v) is 24.1. The highest BCUT2D eigenvalue weighted by molar-refractivity contribution is 6.00. The number of rotatable bonds is 33. The lowest BCUT2D eigenvalue weighted by molar-refractivity contribution is -0.148. The summed E-state index contributed by atoms with van der Waals surface area (Å²) < 4.78 is 22.4. The highest BCUT2D eigenvalue weighted by Crippen LogP contribution is 2.30. The standard InChI is InChI=1S/C62H100N10O13/c1-17-40(6)53(48(82-14)36-50(74)72-33-22-26-47(72)54(83-15)41(7)55(75)66-46(59(79)84-16)35-43-23-19-18-20-24-43)71(13)58(78)52(39(4)5)67-49(73)37-69(11)34-31-42-27-29-44(30-28-42)70(12)57(77)45(25-21-32-64-60(63)80)65-56(76)51(38(2)3)68-61(81)85-62(8,9)10/h18-20,23-24,27-30,38-41,45-48,51-54H,17,21-22,25-26,31-37H2,1-16H3,(H,65,76)(H,66,75)(H,67,73)(H,68,81)(H3,63,64,80)/t40-,41+,45-,46-,47-,48+,51-,52-,53-,54+/m0/s1. The van der Waals surface area contributed by atoms with Crippen LogP contribution < -0.4 is 37.2 Å². The number of likely N-dealkylation sites (N-methyl/N-ethyl adjacent to an activating group) is 3. The largest absolute Gasteiger partial charge is 0.467 e. The van der Waals surface area contributed by atoms with Crippen LogP contribution in [0.5, 0.6) is 0 Å². The normalized spacial score (nSPS) is 16.6. The zero-order valence-electron chi connectivity index (χ0n) is 53.3. The van der Waals surface area contributed by atoms with Crippen molar-refractivity contribution in [2.75, 3.05) is 73.6 Å². The average molecular weight is 1190 g/mol. The van der Waals surface area contributed by atoms with Crippen LogP contribution in [0.15, 0.2) is 54.6 Å². The van der Waals surface area contributed by atoms with E-state index in [9.17, 15) is 43.2 Å². The summed E-state index contributed by atoms with van der Waals surface area (Å²) in [5.41, 5.74) is 6.77. The van der Waals surface area contributed by atoms with Crippen molar-refractivity contribution in [2.45, 2.75) is 175 Å². The molecule has 1 aliphatic rings. The summed E-state index contributed by atoms with van der Waals surface area (Å²) in [6.45, 7) is 19.2. The Hall–Kier alpha value is -6.85. The van der Waals surface area contributed by atoms with Crippen molar-refractivity contribution in [1.29, 1.82) is 0 Å². The number of primary amides is 1. The number of nitrogens with one attached hydrogen (secondary N) is 5. The van der Waals surface area contributed by atoms with Crippen LogP contribution in [-0.2, 0) is 65.4 Å². The minimum atomic E-state index is -1.02. The molecule has 1 saturated heterocycles. The number of nitrogens with zero attached hydrogens (tertiary/aromatic N) is 4. The van der Waals surface area contributed by atoms with Crippen LogP contribution in [0.1, 0.15) is 119 Å². The van der Waals surface area contributed by atoms with Gasteiger partial charge in [0.05, 0.1) is 50.3 Å². The van der Waals surface area contributed by atoms with Gasteiger partial charge in [0.2, 0.25) is 35.4 Å². The van der Waals surface area contributed by atoms with Gasteiger partial charge >= 0.3 is 18.1 Å². The predicted molar refractivity (Wildman–Crippen MR) is 325 cm³/mol. The van der Waals surface area contributed by atoms with E-state index in [-0.39, 0.29) is 67.8 Å². The fraction of sp³-hybridized carbons (Fsp3) is 0.661. The number of nitrogens with two attached hydrogens (primary N) is 1. The highest BCUT2D eigenvalue weighted by Gasteiger charge is 2.44. The third kappa shape index (κ3) is 22.8. The summed E-state index contributed by atoms with van der Waals surface area (Å²) in [6, 6.07) is 11.0. The van der Waals surface area contributed by atoms with Crippen molar-refractivity contribution in [3.8, 4) is 0 Å². The van der Waals surface area contributed by atoms with Gasteiger partial charge in [0.25, 0.3) is 0 Å². The Morgan fingerprint density at radius 3 is 1.93 bits per heavy atom. The number of benzene rings is 2. The summed E-state index contributed by atoms with van der Waals surface area (Å²) in [7, 11) is 9.38. The number of methoxy groups -OCH3 is 3. The van der Waals surface area contributed by atoms with Gasteiger partial charge in [0.15, 0.2) is 0 Å². The summed E-state index contributed by atoms with van der Waals surface area (Å²) in [5.74, 6) is -4.40. The number of hydrogen-bond acceptors (Lipinski definition) is 14. The first-order valence-electron chi connectivity index (χ1n) is 29.7. The molecule has 0 aromatic heterocycles. The van der Waals surface area contributed by atoms with E-state index < -0.39 is 95.8 Å². The van der Waals surface area contributed by atoms with Crippen LogP contribution in [0.2, 0.25) is 0 Å². The quantitative estimate of drug-likeness (QED) is 0.0422. The smallest absolute Gasteiger partial charge is 0.408 e. The monoisotopic (exact) mass is 1190 g/mol. The molecule has 1 heterocycles. The Bertz CT molecular complexity index is 2490. The summed E-state index contributed by atoms with van der Waals surface area (Å²) in [4.78, 5) is 128. The number of carbonyl (C=O) groups is 9. The third-order valence-electron chi connectivity index (χ3n) is 15.6. The molecule has 85 heavy (non-hydrogen) atoms. The zero-order chi connectivity index (χ0) is 63.9. The van der Waals surface area contributed by atoms with Gasteiger partial charge in [0, 0.05) is 60.1 Å². The zero-order valence-corrected chi connectivity index (χ0v) is 53.3. The molecule has 0 unspecified atom stereocenters. The Morgan fingerprint density at radius 1 is 0.753 bits per heavy atom. The lowest BCUT2D eigenvalue weighted by atomic mass is 9.89. The summed E-state index contributed by atoms with van der Waals surface area (Å²) in [5, 5.41) is 13.8. The third-order valence-corrected chi connectivity index (χ3v) is 15.6. The molecule has 10 atom stereocenters. The van der Waals surface area contributed by atoms with Crippen molar-refractivity contribution in [3.63, 3.8) is 0 Å². The predicted octanol–water partition coefficient (Wildman–Crippen LogP) is 4.57. The Labute approximate surface area is 504 Å². The van der Waals surface area contributed by atoms with Crippen LogP contribution in [0.3, 0.4) is 0 Å². The molecule has 2 aromatic rings. The molecule has 2 aromatic carbocycles. The van der Waals surface area contributed by atoms with Crippen molar-refractivity contribution in [3.05, 3.63) is 65.7 Å². The summed E-state index contributed by atoms with van der Waals surface area (Å²) >= 11 is 0. The van der Waals surface area contributed by atoms with E-state index in [0.717, 1.165) is 11.1 Å². The first-order valence-corrected chi connectivity index (χ1v) is 29.7. The van der Waals surface area contributed by atoms with Crippen molar-refractivity contribution < 1.29 is 62.1 Å². The van der Waals surface area contributed by atoms with E-state index in [4.69, 9.17) is 24.7 Å². The minimum Gasteiger partial charge on any atom is -0.467 e. The van der Waals surface area contributed by atoms with Gasteiger partial charge in [-0.1, -0.05) is 97.4 Å². The molecule has 0 aliphatic carbocycles. The fourth-order valence-electron chi connectivity index (χ4n) is 10.6. The van der Waals surface area contributed by atoms with E-state index in [0.29, 0.717) is 50.9 Å². The molecule has 23 nitrogen and oxygen atoms in total. The van der Waals surface area contributed by atoms with E-state index >= 15 is 0 Å². The molecule has 0 spiro atoms. The number of ether oxygens (including phenoxy) is 4. The molecule has 3 rings (SSSR count). The number of likely N-dealkylation sites (tertiary alicyclic amines) is 1. The Kier molecular flexibility index (Phi) is 29.8. The van der Waals surface area contributed by atoms with Gasteiger partial charge in [0.1, 0.15) is 29.8 Å². The maximum Gasteiger partial charge on any atom is 0.408 e. The van der Waals surface area contributed by atoms with Gasteiger partial charge in [-0.25, -0.2) is 14.4 Å². The molecule has 9 amide bonds. The first kappa shape index (κ1) is 72.4. The molecular weight excluding hydrogens is 1090 g/mol. The fourth-order valence-corrected chi connectivity index (χ4v) is 10.6. The van der Waals surface area contributed by atoms with E-state index in [2.05, 4.69) is 26.6 Å². The van der Waals surface area contributed by atoms with Gasteiger partial charge in [-0.15, -0.1) is 0 Å². The number of hydrogen-bond donors (Lipinski definition) is 6. The maximum atomic E-state index is 14.6. The molecule has 0 radical (unpaired) electrons. The first-order chi connectivity index (χ1) is 40.0. The number of carbonyl (C=O) groups excluding carboxylic acids is 9. The second-order valence-electron chi connectivity index (χ2n) is 24.1. The molecule has 1 aliphatic heterocycles. The molecule has 23 heteroatoms. The molecule has 0 saturated carbocycles. The Balaban J connectivity index is 1.67. The number of urea groups is 1. The van der Waals surface area contributed by atoms with Gasteiger partial charge < -0.3 is 66.0 Å². The lowest BCUT2D eigenvalue weighted by Gasteiger charge is -2.41. The Morgan fingerprint density at radius 2 is 1.38 bits per heavy atom. The molecule has 476 valence electrons. The van der Waals surface area contributed by atoms with E-state index in [1.807, 2.05) is 75.1 Å². The molecule has 7 N–H and O–H groups in total. The van der Waals surface area contributed by atoms with Gasteiger partial charge in [-0.3, -0.25) is 33.7 Å². The average Bonchev–Trinajstić information content (AvgIpc) is 3.40. The highest BCUT2D eigenvalue weighted by atomic mass is 16.6. The van der Waals surface area contributed by atoms with Crippen LogP contribution in [-0.4, -0.2) is 191 Å². The molecule has 1 fully saturated rings. The van der Waals surface area contributed by atoms with Gasteiger partial charge in [-0.05, 0) is 101 Å². The summed E-state index contributed by atoms with van der Waals surface area (Å²) in [6.07, 6.45) is 0.921. The second kappa shape index (κ2) is 34.9. The van der Waals surface area contributed by atoms with E-state index in [1.165, 1.54) is 26.2 Å². The number of esters is 1. The van der Waals surface area contributed by atoms with Crippen LogP contribution >= 0.6 is 0 Å². The van der Waals surface area contributed by atoms with Crippen molar-refractivity contribution in [1.82, 2.24) is 41.3 Å². The maximum absolute atomic E-state index is 14.6. The number of amides is 9. The molecule has 0 bridgehead atoms. The van der Waals surface area contributed by atoms with Crippen LogP contribution in [0.4, 0.5) is 15.3 Å². The van der Waals surface area contributed by atoms with Crippen molar-refractivity contribution in [2.24, 2.45) is 29.4 Å². The van der Waals surface area contributed by atoms with Crippen LogP contribution in [0.25, 0.3) is 0 Å². The van der Waals surface area contributed by atoms with Crippen LogP contribution in [0, 0.1) is 23.7 Å².